The average molecular weight is 435 g/mol. The van der Waals surface area contributed by atoms with Crippen molar-refractivity contribution in [3.05, 3.63) is 35.6 Å². The van der Waals surface area contributed by atoms with Crippen molar-refractivity contribution in [2.24, 2.45) is 10.9 Å². The smallest absolute Gasteiger partial charge is 0.193 e. The number of hydrogen-bond acceptors (Lipinski definition) is 2. The van der Waals surface area contributed by atoms with E-state index in [2.05, 4.69) is 22.3 Å². The second-order valence-electron chi connectivity index (χ2n) is 5.79. The van der Waals surface area contributed by atoms with E-state index in [9.17, 15) is 4.39 Å². The van der Waals surface area contributed by atoms with Gasteiger partial charge in [-0.15, -0.1) is 24.0 Å². The maximum Gasteiger partial charge on any atom is 0.193 e. The first kappa shape index (κ1) is 20.2. The number of guanidine groups is 1. The molecule has 0 unspecified atom stereocenters. The molecular formula is C17H27FIN3O. The highest BCUT2D eigenvalue weighted by Gasteiger charge is 2.15. The molecule has 0 radical (unpaired) electrons. The van der Waals surface area contributed by atoms with Gasteiger partial charge in [-0.2, -0.15) is 0 Å². The van der Waals surface area contributed by atoms with Gasteiger partial charge in [0.2, 0.25) is 0 Å². The summed E-state index contributed by atoms with van der Waals surface area (Å²) in [6, 6.07) is 6.54. The Morgan fingerprint density at radius 2 is 1.96 bits per heavy atom. The Morgan fingerprint density at radius 3 is 2.57 bits per heavy atom. The van der Waals surface area contributed by atoms with Crippen LogP contribution in [0.1, 0.15) is 24.8 Å². The van der Waals surface area contributed by atoms with Crippen molar-refractivity contribution >= 4 is 29.9 Å². The lowest BCUT2D eigenvalue weighted by Gasteiger charge is -2.26. The van der Waals surface area contributed by atoms with Crippen LogP contribution in [0.5, 0.6) is 0 Å². The van der Waals surface area contributed by atoms with Gasteiger partial charge in [-0.3, -0.25) is 4.99 Å². The maximum absolute atomic E-state index is 12.9. The third-order valence-electron chi connectivity index (χ3n) is 4.15. The zero-order valence-electron chi connectivity index (χ0n) is 13.9. The van der Waals surface area contributed by atoms with E-state index in [1.165, 1.54) is 12.1 Å². The van der Waals surface area contributed by atoms with Gasteiger partial charge in [0.1, 0.15) is 5.82 Å². The summed E-state index contributed by atoms with van der Waals surface area (Å²) >= 11 is 0. The molecule has 0 spiro atoms. The van der Waals surface area contributed by atoms with Crippen molar-refractivity contribution in [3.63, 3.8) is 0 Å². The summed E-state index contributed by atoms with van der Waals surface area (Å²) in [4.78, 5) is 6.47. The van der Waals surface area contributed by atoms with E-state index < -0.39 is 0 Å². The Bertz CT molecular complexity index is 475. The van der Waals surface area contributed by atoms with Crippen molar-refractivity contribution < 1.29 is 9.13 Å². The fraction of sp³-hybridized carbons (Fsp3) is 0.588. The summed E-state index contributed by atoms with van der Waals surface area (Å²) in [6.07, 6.45) is 3.49. The van der Waals surface area contributed by atoms with Crippen LogP contribution in [0, 0.1) is 11.7 Å². The Labute approximate surface area is 155 Å². The fourth-order valence-electron chi connectivity index (χ4n) is 2.69. The Kier molecular flexibility index (Phi) is 9.47. The molecule has 130 valence electrons. The molecule has 0 aliphatic carbocycles. The molecule has 4 nitrogen and oxygen atoms in total. The van der Waals surface area contributed by atoms with Crippen LogP contribution in [0.2, 0.25) is 0 Å². The predicted octanol–water partition coefficient (Wildman–Crippen LogP) is 3.27. The van der Waals surface area contributed by atoms with Crippen LogP contribution in [0.15, 0.2) is 29.3 Å². The molecule has 2 rings (SSSR count). The number of rotatable bonds is 5. The lowest BCUT2D eigenvalue weighted by Crippen LogP contribution is -2.39. The quantitative estimate of drug-likeness (QED) is 0.438. The van der Waals surface area contributed by atoms with E-state index in [1.807, 2.05) is 0 Å². The molecule has 0 atom stereocenters. The monoisotopic (exact) mass is 435 g/mol. The number of ether oxygens (including phenoxy) is 1. The zero-order chi connectivity index (χ0) is 15.8. The van der Waals surface area contributed by atoms with E-state index in [0.717, 1.165) is 56.5 Å². The maximum atomic E-state index is 12.9. The molecular weight excluding hydrogens is 408 g/mol. The zero-order valence-corrected chi connectivity index (χ0v) is 16.3. The summed E-state index contributed by atoms with van der Waals surface area (Å²) in [6.45, 7) is 3.42. The van der Waals surface area contributed by atoms with Crippen LogP contribution in [0.4, 0.5) is 4.39 Å². The molecule has 0 bridgehead atoms. The van der Waals surface area contributed by atoms with E-state index in [4.69, 9.17) is 4.74 Å². The number of benzene rings is 1. The third-order valence-corrected chi connectivity index (χ3v) is 4.15. The first-order valence-corrected chi connectivity index (χ1v) is 7.93. The first-order valence-electron chi connectivity index (χ1n) is 7.93. The minimum atomic E-state index is -0.207. The second kappa shape index (κ2) is 10.8. The van der Waals surface area contributed by atoms with Crippen LogP contribution in [-0.4, -0.2) is 44.7 Å². The molecule has 1 fully saturated rings. The van der Waals surface area contributed by atoms with Crippen molar-refractivity contribution in [3.8, 4) is 0 Å². The van der Waals surface area contributed by atoms with Gasteiger partial charge < -0.3 is 15.0 Å². The molecule has 1 aromatic carbocycles. The number of hydrogen-bond donors (Lipinski definition) is 1. The van der Waals surface area contributed by atoms with E-state index in [0.29, 0.717) is 6.54 Å². The minimum Gasteiger partial charge on any atom is -0.381 e. The highest BCUT2D eigenvalue weighted by atomic mass is 127. The van der Waals surface area contributed by atoms with Gasteiger partial charge in [0, 0.05) is 40.4 Å². The van der Waals surface area contributed by atoms with Crippen LogP contribution < -0.4 is 5.32 Å². The Hall–Kier alpha value is -0.890. The van der Waals surface area contributed by atoms with Gasteiger partial charge in [0.15, 0.2) is 5.96 Å². The molecule has 1 aromatic rings. The highest BCUT2D eigenvalue weighted by molar-refractivity contribution is 14.0. The number of aliphatic imine (C=N–C) groups is 1. The largest absolute Gasteiger partial charge is 0.381 e. The number of nitrogens with one attached hydrogen (secondary N) is 1. The topological polar surface area (TPSA) is 36.9 Å². The Morgan fingerprint density at radius 1 is 1.30 bits per heavy atom. The van der Waals surface area contributed by atoms with Gasteiger partial charge in [0.25, 0.3) is 0 Å². The second-order valence-corrected chi connectivity index (χ2v) is 5.79. The molecule has 6 heteroatoms. The van der Waals surface area contributed by atoms with Crippen molar-refractivity contribution in [2.75, 3.05) is 33.9 Å². The van der Waals surface area contributed by atoms with Gasteiger partial charge >= 0.3 is 0 Å². The summed E-state index contributed by atoms with van der Waals surface area (Å²) in [5, 5.41) is 3.32. The molecule has 1 N–H and O–H groups in total. The lowest BCUT2D eigenvalue weighted by molar-refractivity contribution is 0.0625. The molecule has 0 saturated carbocycles. The van der Waals surface area contributed by atoms with Crippen molar-refractivity contribution in [2.45, 2.75) is 25.8 Å². The Balaban J connectivity index is 0.00000264. The predicted molar refractivity (Wildman–Crippen MR) is 103 cm³/mol. The van der Waals surface area contributed by atoms with E-state index in [1.54, 1.807) is 19.2 Å². The van der Waals surface area contributed by atoms with Crippen molar-refractivity contribution in [1.29, 1.82) is 0 Å². The standard InChI is InChI=1S/C17H26FN3O.HI/c1-19-17(20-13-15-3-5-16(18)6-4-15)21(2)10-7-14-8-11-22-12-9-14;/h3-6,14H,7-13H2,1-2H3,(H,19,20);1H. The molecule has 23 heavy (non-hydrogen) atoms. The SMILES string of the molecule is CN=C(NCc1ccc(F)cc1)N(C)CCC1CCOCC1.I. The van der Waals surface area contributed by atoms with Gasteiger partial charge in [0.05, 0.1) is 0 Å². The highest BCUT2D eigenvalue weighted by Crippen LogP contribution is 2.18. The van der Waals surface area contributed by atoms with Crippen LogP contribution in [-0.2, 0) is 11.3 Å². The summed E-state index contributed by atoms with van der Waals surface area (Å²) in [7, 11) is 3.84. The van der Waals surface area contributed by atoms with Crippen LogP contribution in [0.3, 0.4) is 0 Å². The van der Waals surface area contributed by atoms with Gasteiger partial charge in [-0.1, -0.05) is 12.1 Å². The molecule has 0 amide bonds. The summed E-state index contributed by atoms with van der Waals surface area (Å²) in [5.74, 6) is 1.42. The molecule has 1 aliphatic rings. The molecule has 1 saturated heterocycles. The van der Waals surface area contributed by atoms with Gasteiger partial charge in [-0.25, -0.2) is 4.39 Å². The number of nitrogens with zero attached hydrogens (tertiary/aromatic N) is 2. The normalized spacial score (nSPS) is 15.9. The number of halogens is 2. The van der Waals surface area contributed by atoms with E-state index >= 15 is 0 Å². The van der Waals surface area contributed by atoms with Crippen molar-refractivity contribution in [1.82, 2.24) is 10.2 Å². The van der Waals surface area contributed by atoms with E-state index in [-0.39, 0.29) is 29.8 Å². The molecule has 0 aromatic heterocycles. The minimum absolute atomic E-state index is 0. The molecule has 1 heterocycles. The van der Waals surface area contributed by atoms with Crippen LogP contribution in [0.25, 0.3) is 0 Å². The third kappa shape index (κ3) is 7.03. The summed E-state index contributed by atoms with van der Waals surface area (Å²) in [5.41, 5.74) is 1.04. The average Bonchev–Trinajstić information content (AvgIpc) is 2.56. The van der Waals surface area contributed by atoms with Crippen LogP contribution >= 0.6 is 24.0 Å². The lowest BCUT2D eigenvalue weighted by atomic mass is 9.96. The molecule has 1 aliphatic heterocycles. The van der Waals surface area contributed by atoms with Gasteiger partial charge in [-0.05, 0) is 42.9 Å². The fourth-order valence-corrected chi connectivity index (χ4v) is 2.69. The first-order chi connectivity index (χ1) is 10.7. The summed E-state index contributed by atoms with van der Waals surface area (Å²) < 4.78 is 18.3.